The first-order valence-electron chi connectivity index (χ1n) is 7.37. The molecule has 0 aliphatic carbocycles. The molecule has 2 aromatic heterocycles. The lowest BCUT2D eigenvalue weighted by atomic mass is 10.2. The number of hydrogen-bond donors (Lipinski definition) is 1. The highest BCUT2D eigenvalue weighted by Gasteiger charge is 2.11. The number of thiazole rings is 1. The average Bonchev–Trinajstić information content (AvgIpc) is 2.85. The fourth-order valence-corrected chi connectivity index (χ4v) is 2.96. The van der Waals surface area contributed by atoms with Crippen LogP contribution in [0.3, 0.4) is 0 Å². The molecule has 0 radical (unpaired) electrons. The number of pyridine rings is 1. The topological polar surface area (TPSA) is 41.1 Å². The summed E-state index contributed by atoms with van der Waals surface area (Å²) in [5.74, 6) is 0. The molecule has 0 amide bonds. The highest BCUT2D eigenvalue weighted by molar-refractivity contribution is 7.15. The second kappa shape index (κ2) is 7.52. The van der Waals surface area contributed by atoms with Crippen molar-refractivity contribution in [3.05, 3.63) is 40.7 Å². The summed E-state index contributed by atoms with van der Waals surface area (Å²) in [6.45, 7) is 8.24. The van der Waals surface area contributed by atoms with Crippen LogP contribution in [-0.4, -0.2) is 29.6 Å². The Morgan fingerprint density at radius 3 is 2.81 bits per heavy atom. The number of rotatable bonds is 7. The molecule has 0 saturated heterocycles. The Bertz CT molecular complexity index is 551. The van der Waals surface area contributed by atoms with Gasteiger partial charge in [-0.3, -0.25) is 4.98 Å². The maximum Gasteiger partial charge on any atom is 0.185 e. The second-order valence-electron chi connectivity index (χ2n) is 5.53. The van der Waals surface area contributed by atoms with Gasteiger partial charge in [0, 0.05) is 49.4 Å². The van der Waals surface area contributed by atoms with Crippen LogP contribution in [0.25, 0.3) is 0 Å². The first-order chi connectivity index (χ1) is 10.1. The summed E-state index contributed by atoms with van der Waals surface area (Å²) < 4.78 is 0. The smallest absolute Gasteiger partial charge is 0.185 e. The van der Waals surface area contributed by atoms with Crippen molar-refractivity contribution in [1.29, 1.82) is 0 Å². The van der Waals surface area contributed by atoms with Crippen molar-refractivity contribution < 1.29 is 0 Å². The number of aromatic nitrogens is 2. The summed E-state index contributed by atoms with van der Waals surface area (Å²) in [5, 5.41) is 4.54. The third-order valence-corrected chi connectivity index (χ3v) is 4.58. The molecule has 1 N–H and O–H groups in total. The first-order valence-corrected chi connectivity index (χ1v) is 8.18. The van der Waals surface area contributed by atoms with Crippen LogP contribution in [-0.2, 0) is 13.0 Å². The highest BCUT2D eigenvalue weighted by atomic mass is 32.1. The SMILES string of the molecule is Cc1nc(N(C)CCc2ccccn2)sc1CNC(C)C. The maximum absolute atomic E-state index is 4.68. The molecule has 0 bridgehead atoms. The largest absolute Gasteiger partial charge is 0.351 e. The Morgan fingerprint density at radius 1 is 1.33 bits per heavy atom. The highest BCUT2D eigenvalue weighted by Crippen LogP contribution is 2.25. The van der Waals surface area contributed by atoms with Crippen molar-refractivity contribution >= 4 is 16.5 Å². The van der Waals surface area contributed by atoms with Crippen LogP contribution in [0.5, 0.6) is 0 Å². The van der Waals surface area contributed by atoms with E-state index in [1.807, 2.05) is 18.3 Å². The van der Waals surface area contributed by atoms with E-state index >= 15 is 0 Å². The molecule has 0 aliphatic heterocycles. The molecule has 2 heterocycles. The van der Waals surface area contributed by atoms with Crippen molar-refractivity contribution in [2.75, 3.05) is 18.5 Å². The minimum absolute atomic E-state index is 0.497. The van der Waals surface area contributed by atoms with Gasteiger partial charge in [-0.15, -0.1) is 11.3 Å². The summed E-state index contributed by atoms with van der Waals surface area (Å²) in [5.41, 5.74) is 2.26. The van der Waals surface area contributed by atoms with Gasteiger partial charge in [0.05, 0.1) is 5.69 Å². The third-order valence-electron chi connectivity index (χ3n) is 3.31. The van der Waals surface area contributed by atoms with Gasteiger partial charge in [-0.2, -0.15) is 0 Å². The van der Waals surface area contributed by atoms with Gasteiger partial charge in [0.15, 0.2) is 5.13 Å². The molecule has 0 spiro atoms. The first kappa shape index (κ1) is 15.9. The molecule has 4 nitrogen and oxygen atoms in total. The molecule has 0 atom stereocenters. The summed E-state index contributed by atoms with van der Waals surface area (Å²) in [4.78, 5) is 12.6. The molecular formula is C16H24N4S. The van der Waals surface area contributed by atoms with Gasteiger partial charge in [-0.25, -0.2) is 4.98 Å². The zero-order valence-corrected chi connectivity index (χ0v) is 14.1. The van der Waals surface area contributed by atoms with E-state index in [9.17, 15) is 0 Å². The van der Waals surface area contributed by atoms with Crippen molar-refractivity contribution in [3.8, 4) is 0 Å². The fraction of sp³-hybridized carbons (Fsp3) is 0.500. The predicted molar refractivity (Wildman–Crippen MR) is 90.0 cm³/mol. The van der Waals surface area contributed by atoms with Crippen LogP contribution in [0, 0.1) is 6.92 Å². The Kier molecular flexibility index (Phi) is 5.70. The zero-order chi connectivity index (χ0) is 15.2. The van der Waals surface area contributed by atoms with Gasteiger partial charge in [0.1, 0.15) is 0 Å². The molecule has 0 aliphatic rings. The molecule has 21 heavy (non-hydrogen) atoms. The molecule has 0 fully saturated rings. The van der Waals surface area contributed by atoms with Gasteiger partial charge in [0.25, 0.3) is 0 Å². The van der Waals surface area contributed by atoms with E-state index in [1.54, 1.807) is 11.3 Å². The predicted octanol–water partition coefficient (Wildman–Crippen LogP) is 3.02. The number of aryl methyl sites for hydroxylation is 1. The Balaban J connectivity index is 1.93. The van der Waals surface area contributed by atoms with Crippen LogP contribution in [0.1, 0.15) is 30.1 Å². The minimum Gasteiger partial charge on any atom is -0.351 e. The number of nitrogens with one attached hydrogen (secondary N) is 1. The van der Waals surface area contributed by atoms with Gasteiger partial charge in [-0.1, -0.05) is 19.9 Å². The van der Waals surface area contributed by atoms with E-state index in [0.717, 1.165) is 36.0 Å². The lowest BCUT2D eigenvalue weighted by Crippen LogP contribution is -2.21. The lowest BCUT2D eigenvalue weighted by molar-refractivity contribution is 0.591. The molecule has 0 saturated carbocycles. The normalized spacial score (nSPS) is 11.1. The average molecular weight is 304 g/mol. The van der Waals surface area contributed by atoms with E-state index < -0.39 is 0 Å². The molecule has 5 heteroatoms. The Labute approximate surface area is 131 Å². The molecular weight excluding hydrogens is 280 g/mol. The molecule has 0 aromatic carbocycles. The standard InChI is InChI=1S/C16H24N4S/c1-12(2)18-11-15-13(3)19-16(21-15)20(4)10-8-14-7-5-6-9-17-14/h5-7,9,12,18H,8,10-11H2,1-4H3. The van der Waals surface area contributed by atoms with E-state index in [1.165, 1.54) is 4.88 Å². The second-order valence-corrected chi connectivity index (χ2v) is 6.60. The van der Waals surface area contributed by atoms with Crippen LogP contribution in [0.4, 0.5) is 5.13 Å². The lowest BCUT2D eigenvalue weighted by Gasteiger charge is -2.15. The van der Waals surface area contributed by atoms with Crippen LogP contribution in [0.15, 0.2) is 24.4 Å². The Morgan fingerprint density at radius 2 is 2.14 bits per heavy atom. The molecule has 114 valence electrons. The van der Waals surface area contributed by atoms with Gasteiger partial charge in [0.2, 0.25) is 0 Å². The Hall–Kier alpha value is -1.46. The minimum atomic E-state index is 0.497. The number of hydrogen-bond acceptors (Lipinski definition) is 5. The number of likely N-dealkylation sites (N-methyl/N-ethyl adjacent to an activating group) is 1. The number of anilines is 1. The van der Waals surface area contributed by atoms with Crippen LogP contribution in [0.2, 0.25) is 0 Å². The van der Waals surface area contributed by atoms with Crippen molar-refractivity contribution in [3.63, 3.8) is 0 Å². The van der Waals surface area contributed by atoms with Crippen LogP contribution < -0.4 is 10.2 Å². The van der Waals surface area contributed by atoms with Gasteiger partial charge >= 0.3 is 0 Å². The summed E-state index contributed by atoms with van der Waals surface area (Å²) in [7, 11) is 2.10. The van der Waals surface area contributed by atoms with E-state index in [0.29, 0.717) is 6.04 Å². The van der Waals surface area contributed by atoms with Crippen LogP contribution >= 0.6 is 11.3 Å². The summed E-state index contributed by atoms with van der Waals surface area (Å²) in [6, 6.07) is 6.55. The zero-order valence-electron chi connectivity index (χ0n) is 13.3. The molecule has 2 rings (SSSR count). The summed E-state index contributed by atoms with van der Waals surface area (Å²) in [6.07, 6.45) is 2.79. The molecule has 0 unspecified atom stereocenters. The third kappa shape index (κ3) is 4.79. The maximum atomic E-state index is 4.68. The van der Waals surface area contributed by atoms with E-state index in [-0.39, 0.29) is 0 Å². The quantitative estimate of drug-likeness (QED) is 0.853. The van der Waals surface area contributed by atoms with E-state index in [2.05, 4.69) is 54.1 Å². The van der Waals surface area contributed by atoms with Crippen molar-refractivity contribution in [2.45, 2.75) is 39.8 Å². The fourth-order valence-electron chi connectivity index (χ4n) is 1.96. The van der Waals surface area contributed by atoms with E-state index in [4.69, 9.17) is 0 Å². The van der Waals surface area contributed by atoms with Crippen molar-refractivity contribution in [2.24, 2.45) is 0 Å². The van der Waals surface area contributed by atoms with Gasteiger partial charge in [-0.05, 0) is 19.1 Å². The molecule has 2 aromatic rings. The van der Waals surface area contributed by atoms with Gasteiger partial charge < -0.3 is 10.2 Å². The van der Waals surface area contributed by atoms with Crippen molar-refractivity contribution in [1.82, 2.24) is 15.3 Å². The monoisotopic (exact) mass is 304 g/mol. The number of nitrogens with zero attached hydrogens (tertiary/aromatic N) is 3. The summed E-state index contributed by atoms with van der Waals surface area (Å²) >= 11 is 1.78.